The Hall–Kier alpha value is -0.750. The molecule has 14 heavy (non-hydrogen) atoms. The lowest BCUT2D eigenvalue weighted by molar-refractivity contribution is -0.168. The van der Waals surface area contributed by atoms with Crippen molar-refractivity contribution in [1.29, 1.82) is 0 Å². The van der Waals surface area contributed by atoms with Crippen LogP contribution in [0.3, 0.4) is 0 Å². The molecule has 1 saturated heterocycles. The number of carbonyl (C=O) groups is 1. The molecule has 4 nitrogen and oxygen atoms in total. The zero-order valence-electron chi connectivity index (χ0n) is 7.62. The minimum atomic E-state index is -3.69. The van der Waals surface area contributed by atoms with Crippen molar-refractivity contribution < 1.29 is 23.8 Å². The number of piperidine rings is 1. The molecule has 82 valence electrons. The lowest BCUT2D eigenvalue weighted by Gasteiger charge is -2.30. The monoisotopic (exact) mass is 209 g/mol. The van der Waals surface area contributed by atoms with E-state index in [0.717, 1.165) is 0 Å². The molecule has 0 radical (unpaired) electrons. The van der Waals surface area contributed by atoms with Gasteiger partial charge < -0.3 is 10.2 Å². The van der Waals surface area contributed by atoms with Crippen molar-refractivity contribution in [2.45, 2.75) is 24.9 Å². The number of alkyl halides is 2. The van der Waals surface area contributed by atoms with E-state index in [9.17, 15) is 13.6 Å². The summed E-state index contributed by atoms with van der Waals surface area (Å²) in [4.78, 5) is 11.5. The summed E-state index contributed by atoms with van der Waals surface area (Å²) in [7, 11) is 0. The molecule has 1 fully saturated rings. The van der Waals surface area contributed by atoms with E-state index in [-0.39, 0.29) is 0 Å². The van der Waals surface area contributed by atoms with Crippen LogP contribution < -0.4 is 0 Å². The van der Waals surface area contributed by atoms with Crippen LogP contribution >= 0.6 is 0 Å². The number of carboxylic acid groups (broad SMARTS) is 1. The number of aliphatic carboxylic acids is 1. The highest BCUT2D eigenvalue weighted by Crippen LogP contribution is 2.18. The summed E-state index contributed by atoms with van der Waals surface area (Å²) >= 11 is 0. The minimum Gasteiger partial charge on any atom is -0.477 e. The number of carboxylic acids is 1. The highest BCUT2D eigenvalue weighted by Gasteiger charge is 2.41. The summed E-state index contributed by atoms with van der Waals surface area (Å²) < 4.78 is 25.4. The van der Waals surface area contributed by atoms with E-state index in [1.165, 1.54) is 4.90 Å². The van der Waals surface area contributed by atoms with Crippen molar-refractivity contribution in [2.24, 2.45) is 0 Å². The quantitative estimate of drug-likeness (QED) is 0.695. The van der Waals surface area contributed by atoms with Gasteiger partial charge in [-0.25, -0.2) is 4.79 Å². The Balaban J connectivity index is 2.41. The molecular formula is C8H13F2NO3. The van der Waals surface area contributed by atoms with Crippen molar-refractivity contribution in [3.05, 3.63) is 0 Å². The number of aliphatic hydroxyl groups excluding tert-OH is 1. The highest BCUT2D eigenvalue weighted by atomic mass is 19.3. The summed E-state index contributed by atoms with van der Waals surface area (Å²) in [6.45, 7) is -0.122. The molecule has 1 aliphatic heterocycles. The Labute approximate surface area is 80.1 Å². The number of hydrogen-bond acceptors (Lipinski definition) is 3. The molecule has 0 amide bonds. The first-order chi connectivity index (χ1) is 6.42. The Bertz CT molecular complexity index is 215. The second kappa shape index (κ2) is 4.18. The third kappa shape index (κ3) is 2.88. The van der Waals surface area contributed by atoms with Gasteiger partial charge in [0.1, 0.15) is 0 Å². The number of hydrogen-bond donors (Lipinski definition) is 2. The fourth-order valence-corrected chi connectivity index (χ4v) is 1.43. The SMILES string of the molecule is O=C(O)C(F)(F)CN1CCC(O)CC1. The van der Waals surface area contributed by atoms with Crippen LogP contribution in [-0.2, 0) is 4.79 Å². The van der Waals surface area contributed by atoms with Crippen molar-refractivity contribution in [3.8, 4) is 0 Å². The molecule has 2 N–H and O–H groups in total. The lowest BCUT2D eigenvalue weighted by atomic mass is 10.1. The summed E-state index contributed by atoms with van der Waals surface area (Å²) in [5.74, 6) is -5.79. The Kier molecular flexibility index (Phi) is 3.38. The van der Waals surface area contributed by atoms with E-state index in [4.69, 9.17) is 10.2 Å². The molecule has 0 aromatic rings. The second-order valence-corrected chi connectivity index (χ2v) is 3.52. The van der Waals surface area contributed by atoms with Gasteiger partial charge in [-0.05, 0) is 12.8 Å². The summed E-state index contributed by atoms with van der Waals surface area (Å²) in [5.41, 5.74) is 0. The molecular weight excluding hydrogens is 196 g/mol. The fraction of sp³-hybridized carbons (Fsp3) is 0.875. The average molecular weight is 209 g/mol. The smallest absolute Gasteiger partial charge is 0.375 e. The standard InChI is InChI=1S/C8H13F2NO3/c9-8(10,7(13)14)5-11-3-1-6(12)2-4-11/h6,12H,1-5H2,(H,13,14). The zero-order valence-corrected chi connectivity index (χ0v) is 7.62. The first-order valence-electron chi connectivity index (χ1n) is 4.43. The first kappa shape index (κ1) is 11.3. The molecule has 0 saturated carbocycles. The average Bonchev–Trinajstić information content (AvgIpc) is 2.08. The second-order valence-electron chi connectivity index (χ2n) is 3.52. The van der Waals surface area contributed by atoms with Crippen molar-refractivity contribution in [3.63, 3.8) is 0 Å². The van der Waals surface area contributed by atoms with E-state index in [1.807, 2.05) is 0 Å². The van der Waals surface area contributed by atoms with Crippen LogP contribution in [0.4, 0.5) is 8.78 Å². The van der Waals surface area contributed by atoms with Gasteiger partial charge in [0.2, 0.25) is 0 Å². The van der Waals surface area contributed by atoms with Crippen LogP contribution in [0.15, 0.2) is 0 Å². The van der Waals surface area contributed by atoms with E-state index in [1.54, 1.807) is 0 Å². The molecule has 1 heterocycles. The fourth-order valence-electron chi connectivity index (χ4n) is 1.43. The number of likely N-dealkylation sites (tertiary alicyclic amines) is 1. The third-order valence-corrected chi connectivity index (χ3v) is 2.29. The van der Waals surface area contributed by atoms with Gasteiger partial charge in [0, 0.05) is 13.1 Å². The molecule has 0 atom stereocenters. The molecule has 0 unspecified atom stereocenters. The Morgan fingerprint density at radius 2 is 1.93 bits per heavy atom. The van der Waals surface area contributed by atoms with Crippen molar-refractivity contribution in [1.82, 2.24) is 4.90 Å². The van der Waals surface area contributed by atoms with E-state index in [0.29, 0.717) is 25.9 Å². The van der Waals surface area contributed by atoms with E-state index < -0.39 is 24.5 Å². The molecule has 0 bridgehead atoms. The van der Waals surface area contributed by atoms with Crippen LogP contribution in [0.2, 0.25) is 0 Å². The Morgan fingerprint density at radius 3 is 2.36 bits per heavy atom. The molecule has 0 aromatic heterocycles. The first-order valence-corrected chi connectivity index (χ1v) is 4.43. The van der Waals surface area contributed by atoms with Crippen LogP contribution in [-0.4, -0.2) is 52.7 Å². The predicted octanol–water partition coefficient (Wildman–Crippen LogP) is 0.163. The van der Waals surface area contributed by atoms with Gasteiger partial charge in [-0.1, -0.05) is 0 Å². The van der Waals surface area contributed by atoms with Gasteiger partial charge in [-0.15, -0.1) is 0 Å². The minimum absolute atomic E-state index is 0.323. The molecule has 6 heteroatoms. The maximum absolute atomic E-state index is 12.7. The normalized spacial score (nSPS) is 21.1. The number of nitrogens with zero attached hydrogens (tertiary/aromatic N) is 1. The molecule has 0 aromatic carbocycles. The van der Waals surface area contributed by atoms with Crippen LogP contribution in [0.1, 0.15) is 12.8 Å². The van der Waals surface area contributed by atoms with Gasteiger partial charge in [0.25, 0.3) is 0 Å². The van der Waals surface area contributed by atoms with Crippen molar-refractivity contribution in [2.75, 3.05) is 19.6 Å². The van der Waals surface area contributed by atoms with Gasteiger partial charge in [-0.3, -0.25) is 4.90 Å². The molecule has 1 rings (SSSR count). The van der Waals surface area contributed by atoms with Gasteiger partial charge in [-0.2, -0.15) is 8.78 Å². The van der Waals surface area contributed by atoms with E-state index >= 15 is 0 Å². The number of rotatable bonds is 3. The number of aliphatic hydroxyl groups is 1. The van der Waals surface area contributed by atoms with Gasteiger partial charge in [0.15, 0.2) is 0 Å². The molecule has 1 aliphatic rings. The lowest BCUT2D eigenvalue weighted by Crippen LogP contribution is -2.46. The van der Waals surface area contributed by atoms with E-state index in [2.05, 4.69) is 0 Å². The highest BCUT2D eigenvalue weighted by molar-refractivity contribution is 5.75. The third-order valence-electron chi connectivity index (χ3n) is 2.29. The summed E-state index contributed by atoms with van der Waals surface area (Å²) in [6.07, 6.45) is 0.412. The topological polar surface area (TPSA) is 60.8 Å². The molecule has 0 aliphatic carbocycles. The Morgan fingerprint density at radius 1 is 1.43 bits per heavy atom. The zero-order chi connectivity index (χ0) is 10.8. The maximum Gasteiger partial charge on any atom is 0.375 e. The van der Waals surface area contributed by atoms with Gasteiger partial charge >= 0.3 is 11.9 Å². The maximum atomic E-state index is 12.7. The largest absolute Gasteiger partial charge is 0.477 e. The van der Waals surface area contributed by atoms with Crippen LogP contribution in [0.25, 0.3) is 0 Å². The number of halogens is 2. The van der Waals surface area contributed by atoms with Gasteiger partial charge in [0.05, 0.1) is 12.6 Å². The summed E-state index contributed by atoms with van der Waals surface area (Å²) in [5, 5.41) is 17.3. The summed E-state index contributed by atoms with van der Waals surface area (Å²) in [6, 6.07) is 0. The predicted molar refractivity (Wildman–Crippen MR) is 44.3 cm³/mol. The van der Waals surface area contributed by atoms with Crippen LogP contribution in [0.5, 0.6) is 0 Å². The molecule has 0 spiro atoms. The van der Waals surface area contributed by atoms with Crippen LogP contribution in [0, 0.1) is 0 Å². The van der Waals surface area contributed by atoms with Crippen molar-refractivity contribution >= 4 is 5.97 Å².